The zero-order valence-electron chi connectivity index (χ0n) is 9.86. The molecule has 4 heteroatoms. The summed E-state index contributed by atoms with van der Waals surface area (Å²) in [7, 11) is 0. The van der Waals surface area contributed by atoms with Crippen molar-refractivity contribution in [3.05, 3.63) is 12.4 Å². The standard InChI is InChI=1S/C12H16N2O2/c1-4-6-7-15-11-8-12(14-9-13-11)16-10(3)5-2/h8-10H,5,7H2,1-3H3. The monoisotopic (exact) mass is 220 g/mol. The van der Waals surface area contributed by atoms with Crippen LogP contribution in [0.3, 0.4) is 0 Å². The molecule has 0 saturated carbocycles. The Kier molecular flexibility index (Phi) is 5.13. The van der Waals surface area contributed by atoms with Gasteiger partial charge in [0.1, 0.15) is 6.33 Å². The largest absolute Gasteiger partial charge is 0.474 e. The van der Waals surface area contributed by atoms with E-state index in [1.807, 2.05) is 6.92 Å². The first-order valence-corrected chi connectivity index (χ1v) is 5.27. The summed E-state index contributed by atoms with van der Waals surface area (Å²) in [6.45, 7) is 6.14. The van der Waals surface area contributed by atoms with Crippen molar-refractivity contribution in [3.63, 3.8) is 0 Å². The van der Waals surface area contributed by atoms with E-state index in [4.69, 9.17) is 9.47 Å². The lowest BCUT2D eigenvalue weighted by molar-refractivity contribution is 0.206. The van der Waals surface area contributed by atoms with Crippen molar-refractivity contribution < 1.29 is 9.47 Å². The Morgan fingerprint density at radius 2 is 2.12 bits per heavy atom. The summed E-state index contributed by atoms with van der Waals surface area (Å²) in [6, 6.07) is 1.67. The maximum absolute atomic E-state index is 5.54. The molecule has 1 aromatic heterocycles. The second-order valence-corrected chi connectivity index (χ2v) is 3.25. The van der Waals surface area contributed by atoms with Crippen LogP contribution in [-0.4, -0.2) is 22.7 Å². The van der Waals surface area contributed by atoms with Crippen molar-refractivity contribution in [3.8, 4) is 23.6 Å². The molecule has 4 nitrogen and oxygen atoms in total. The Balaban J connectivity index is 2.58. The lowest BCUT2D eigenvalue weighted by Gasteiger charge is -2.11. The van der Waals surface area contributed by atoms with Crippen LogP contribution in [0.5, 0.6) is 11.8 Å². The highest BCUT2D eigenvalue weighted by Gasteiger charge is 2.04. The Morgan fingerprint density at radius 1 is 1.38 bits per heavy atom. The maximum atomic E-state index is 5.54. The van der Waals surface area contributed by atoms with E-state index in [1.54, 1.807) is 13.0 Å². The van der Waals surface area contributed by atoms with Gasteiger partial charge in [0.2, 0.25) is 11.8 Å². The first-order chi connectivity index (χ1) is 7.76. The van der Waals surface area contributed by atoms with E-state index in [1.165, 1.54) is 6.33 Å². The Hall–Kier alpha value is -1.76. The van der Waals surface area contributed by atoms with Crippen LogP contribution in [0.1, 0.15) is 27.2 Å². The normalized spacial score (nSPS) is 11.2. The molecule has 0 amide bonds. The summed E-state index contributed by atoms with van der Waals surface area (Å²) in [6.07, 6.45) is 2.49. The van der Waals surface area contributed by atoms with Gasteiger partial charge in [-0.1, -0.05) is 12.8 Å². The minimum absolute atomic E-state index is 0.137. The van der Waals surface area contributed by atoms with Gasteiger partial charge in [-0.25, -0.2) is 9.97 Å². The molecule has 1 unspecified atom stereocenters. The van der Waals surface area contributed by atoms with E-state index in [0.717, 1.165) is 6.42 Å². The summed E-state index contributed by atoms with van der Waals surface area (Å²) in [5.74, 6) is 6.55. The molecule has 1 aromatic rings. The minimum atomic E-state index is 0.137. The summed E-state index contributed by atoms with van der Waals surface area (Å²) in [4.78, 5) is 7.97. The zero-order valence-corrected chi connectivity index (χ0v) is 9.86. The van der Waals surface area contributed by atoms with Crippen LogP contribution in [0.2, 0.25) is 0 Å². The van der Waals surface area contributed by atoms with E-state index >= 15 is 0 Å². The third-order valence-electron chi connectivity index (χ3n) is 1.98. The Bertz CT molecular complexity index is 382. The average molecular weight is 220 g/mol. The first-order valence-electron chi connectivity index (χ1n) is 5.27. The number of ether oxygens (including phenoxy) is 2. The molecule has 0 aliphatic carbocycles. The number of hydrogen-bond donors (Lipinski definition) is 0. The van der Waals surface area contributed by atoms with Gasteiger partial charge in [-0.2, -0.15) is 0 Å². The molecule has 1 rings (SSSR count). The molecule has 0 spiro atoms. The molecule has 0 bridgehead atoms. The zero-order chi connectivity index (χ0) is 11.8. The highest BCUT2D eigenvalue weighted by molar-refractivity contribution is 5.19. The predicted molar refractivity (Wildman–Crippen MR) is 61.4 cm³/mol. The third kappa shape index (κ3) is 4.18. The molecule has 0 N–H and O–H groups in total. The van der Waals surface area contributed by atoms with Crippen molar-refractivity contribution >= 4 is 0 Å². The number of rotatable bonds is 5. The van der Waals surface area contributed by atoms with E-state index in [9.17, 15) is 0 Å². The van der Waals surface area contributed by atoms with Crippen LogP contribution in [0.4, 0.5) is 0 Å². The molecule has 1 heterocycles. The van der Waals surface area contributed by atoms with Crippen LogP contribution in [-0.2, 0) is 0 Å². The minimum Gasteiger partial charge on any atom is -0.474 e. The molecule has 16 heavy (non-hydrogen) atoms. The molecule has 0 aliphatic heterocycles. The van der Waals surface area contributed by atoms with Crippen molar-refractivity contribution in [2.45, 2.75) is 33.3 Å². The lowest BCUT2D eigenvalue weighted by atomic mass is 10.3. The van der Waals surface area contributed by atoms with Gasteiger partial charge in [-0.05, 0) is 20.3 Å². The fourth-order valence-electron chi connectivity index (χ4n) is 0.938. The molecule has 1 atom stereocenters. The molecule has 86 valence electrons. The number of nitrogens with zero attached hydrogens (tertiary/aromatic N) is 2. The topological polar surface area (TPSA) is 44.2 Å². The second-order valence-electron chi connectivity index (χ2n) is 3.25. The molecular weight excluding hydrogens is 204 g/mol. The highest BCUT2D eigenvalue weighted by Crippen LogP contribution is 2.14. The van der Waals surface area contributed by atoms with Crippen molar-refractivity contribution in [2.24, 2.45) is 0 Å². The third-order valence-corrected chi connectivity index (χ3v) is 1.98. The van der Waals surface area contributed by atoms with E-state index in [0.29, 0.717) is 18.4 Å². The molecule has 0 radical (unpaired) electrons. The van der Waals surface area contributed by atoms with E-state index in [2.05, 4.69) is 28.7 Å². The fraction of sp³-hybridized carbons (Fsp3) is 0.500. The summed E-state index contributed by atoms with van der Waals surface area (Å²) in [5.41, 5.74) is 0. The summed E-state index contributed by atoms with van der Waals surface area (Å²) in [5, 5.41) is 0. The number of hydrogen-bond acceptors (Lipinski definition) is 4. The van der Waals surface area contributed by atoms with Gasteiger partial charge in [-0.15, -0.1) is 5.92 Å². The van der Waals surface area contributed by atoms with Crippen LogP contribution in [0, 0.1) is 11.8 Å². The van der Waals surface area contributed by atoms with Crippen LogP contribution in [0.15, 0.2) is 12.4 Å². The van der Waals surface area contributed by atoms with Crippen LogP contribution < -0.4 is 9.47 Å². The van der Waals surface area contributed by atoms with Gasteiger partial charge in [0.25, 0.3) is 0 Å². The Labute approximate surface area is 96.0 Å². The van der Waals surface area contributed by atoms with Crippen LogP contribution in [0.25, 0.3) is 0 Å². The van der Waals surface area contributed by atoms with Crippen molar-refractivity contribution in [2.75, 3.05) is 6.61 Å². The molecule has 0 saturated heterocycles. The summed E-state index contributed by atoms with van der Waals surface area (Å²) >= 11 is 0. The average Bonchev–Trinajstić information content (AvgIpc) is 2.30. The smallest absolute Gasteiger partial charge is 0.221 e. The van der Waals surface area contributed by atoms with E-state index < -0.39 is 0 Å². The molecular formula is C12H16N2O2. The molecule has 0 fully saturated rings. The first kappa shape index (κ1) is 12.3. The Morgan fingerprint density at radius 3 is 2.81 bits per heavy atom. The van der Waals surface area contributed by atoms with E-state index in [-0.39, 0.29) is 6.10 Å². The highest BCUT2D eigenvalue weighted by atomic mass is 16.5. The number of aromatic nitrogens is 2. The lowest BCUT2D eigenvalue weighted by Crippen LogP contribution is -2.11. The summed E-state index contributed by atoms with van der Waals surface area (Å²) < 4.78 is 10.8. The maximum Gasteiger partial charge on any atom is 0.221 e. The predicted octanol–water partition coefficient (Wildman–Crippen LogP) is 2.06. The van der Waals surface area contributed by atoms with Gasteiger partial charge in [0.05, 0.1) is 12.2 Å². The van der Waals surface area contributed by atoms with Crippen molar-refractivity contribution in [1.29, 1.82) is 0 Å². The molecule has 0 aliphatic rings. The van der Waals surface area contributed by atoms with Gasteiger partial charge in [-0.3, -0.25) is 0 Å². The van der Waals surface area contributed by atoms with Gasteiger partial charge < -0.3 is 9.47 Å². The second kappa shape index (κ2) is 6.67. The SMILES string of the molecule is CC#CCOc1cc(OC(C)CC)ncn1. The molecule has 0 aromatic carbocycles. The van der Waals surface area contributed by atoms with Gasteiger partial charge in [0, 0.05) is 0 Å². The van der Waals surface area contributed by atoms with Gasteiger partial charge in [0.15, 0.2) is 6.61 Å². The quantitative estimate of drug-likeness (QED) is 0.712. The fourth-order valence-corrected chi connectivity index (χ4v) is 0.938. The van der Waals surface area contributed by atoms with Crippen molar-refractivity contribution in [1.82, 2.24) is 9.97 Å². The van der Waals surface area contributed by atoms with Crippen LogP contribution >= 0.6 is 0 Å². The van der Waals surface area contributed by atoms with Gasteiger partial charge >= 0.3 is 0 Å².